The highest BCUT2D eigenvalue weighted by atomic mass is 16.1. The summed E-state index contributed by atoms with van der Waals surface area (Å²) in [7, 11) is 0. The van der Waals surface area contributed by atoms with Gasteiger partial charge in [-0.15, -0.1) is 0 Å². The largest absolute Gasteiger partial charge is 0.299 e. The molecule has 0 radical (unpaired) electrons. The number of hydrogen-bond donors (Lipinski definition) is 0. The maximum atomic E-state index is 12.8. The molecule has 0 aromatic heterocycles. The van der Waals surface area contributed by atoms with E-state index in [0.29, 0.717) is 29.3 Å². The van der Waals surface area contributed by atoms with E-state index in [0.717, 1.165) is 42.9 Å². The molecule has 0 aromatic carbocycles. The van der Waals surface area contributed by atoms with E-state index < -0.39 is 0 Å². The van der Waals surface area contributed by atoms with Gasteiger partial charge >= 0.3 is 0 Å². The number of fused-ring (bicyclic) bond motifs is 10. The zero-order valence-electron chi connectivity index (χ0n) is 14.2. The molecule has 122 valence electrons. The number of rotatable bonds is 0. The predicted molar refractivity (Wildman–Crippen MR) is 86.4 cm³/mol. The Hall–Kier alpha value is -0.920. The molecule has 9 unspecified atom stereocenters. The molecule has 0 bridgehead atoms. The molecule has 2 nitrogen and oxygen atoms in total. The summed E-state index contributed by atoms with van der Waals surface area (Å²) in [6.45, 7) is 4.76. The van der Waals surface area contributed by atoms with Crippen molar-refractivity contribution in [3.05, 3.63) is 11.6 Å². The van der Waals surface area contributed by atoms with Gasteiger partial charge in [0.25, 0.3) is 0 Å². The lowest BCUT2D eigenvalue weighted by Gasteiger charge is -2.57. The smallest absolute Gasteiger partial charge is 0.155 e. The van der Waals surface area contributed by atoms with Gasteiger partial charge in [-0.05, 0) is 79.1 Å². The summed E-state index contributed by atoms with van der Waals surface area (Å²) >= 11 is 0. The SMILES string of the molecule is CC12CCC(=O)C=C1C1CC1C1C2CCC2(C)C(=O)C3CC3C12. The highest BCUT2D eigenvalue weighted by Gasteiger charge is 2.74. The average Bonchev–Trinajstić information content (AvgIpc) is 3.40. The Balaban J connectivity index is 1.47. The number of allylic oxidation sites excluding steroid dienone is 1. The van der Waals surface area contributed by atoms with Crippen LogP contribution in [-0.2, 0) is 9.59 Å². The Bertz CT molecular complexity index is 690. The molecule has 0 aliphatic heterocycles. The van der Waals surface area contributed by atoms with Gasteiger partial charge in [0.2, 0.25) is 0 Å². The molecular weight excluding hydrogens is 284 g/mol. The van der Waals surface area contributed by atoms with Crippen LogP contribution in [0.1, 0.15) is 52.4 Å². The molecule has 0 saturated heterocycles. The second kappa shape index (κ2) is 3.68. The van der Waals surface area contributed by atoms with Crippen LogP contribution in [0.4, 0.5) is 0 Å². The lowest BCUT2D eigenvalue weighted by molar-refractivity contribution is -0.137. The normalized spacial score (nSPS) is 61.7. The van der Waals surface area contributed by atoms with Gasteiger partial charge < -0.3 is 0 Å². The second-order valence-corrected chi connectivity index (χ2v) is 10.0. The Labute approximate surface area is 138 Å². The van der Waals surface area contributed by atoms with Crippen molar-refractivity contribution >= 4 is 11.6 Å². The molecule has 0 spiro atoms. The summed E-state index contributed by atoms with van der Waals surface area (Å²) in [5, 5.41) is 0. The van der Waals surface area contributed by atoms with Crippen molar-refractivity contribution in [3.63, 3.8) is 0 Å². The molecule has 0 aromatic rings. The summed E-state index contributed by atoms with van der Waals surface area (Å²) in [6, 6.07) is 0. The van der Waals surface area contributed by atoms with Gasteiger partial charge in [0.05, 0.1) is 0 Å². The Kier molecular flexibility index (Phi) is 2.14. The first-order valence-electron chi connectivity index (χ1n) is 9.74. The third kappa shape index (κ3) is 1.36. The molecule has 5 saturated carbocycles. The highest BCUT2D eigenvalue weighted by molar-refractivity contribution is 5.93. The predicted octanol–water partition coefficient (Wildman–Crippen LogP) is 3.80. The fourth-order valence-corrected chi connectivity index (χ4v) is 8.04. The van der Waals surface area contributed by atoms with Crippen LogP contribution < -0.4 is 0 Å². The highest BCUT2D eigenvalue weighted by Crippen LogP contribution is 2.77. The van der Waals surface area contributed by atoms with Gasteiger partial charge in [0, 0.05) is 17.8 Å². The number of ketones is 2. The Morgan fingerprint density at radius 3 is 2.61 bits per heavy atom. The Morgan fingerprint density at radius 1 is 1.00 bits per heavy atom. The molecule has 0 N–H and O–H groups in total. The minimum Gasteiger partial charge on any atom is -0.299 e. The summed E-state index contributed by atoms with van der Waals surface area (Å²) in [5.74, 6) is 5.78. The van der Waals surface area contributed by atoms with Gasteiger partial charge in [-0.3, -0.25) is 9.59 Å². The summed E-state index contributed by atoms with van der Waals surface area (Å²) in [4.78, 5) is 24.8. The van der Waals surface area contributed by atoms with Crippen molar-refractivity contribution in [3.8, 4) is 0 Å². The minimum atomic E-state index is 0.00392. The van der Waals surface area contributed by atoms with Gasteiger partial charge in [0.1, 0.15) is 5.78 Å². The lowest BCUT2D eigenvalue weighted by Crippen LogP contribution is -2.52. The third-order valence-electron chi connectivity index (χ3n) is 9.21. The van der Waals surface area contributed by atoms with E-state index in [2.05, 4.69) is 13.8 Å². The van der Waals surface area contributed by atoms with Crippen LogP contribution in [0, 0.1) is 52.3 Å². The summed E-state index contributed by atoms with van der Waals surface area (Å²) in [5.41, 5.74) is 1.78. The van der Waals surface area contributed by atoms with Crippen molar-refractivity contribution in [2.75, 3.05) is 0 Å². The van der Waals surface area contributed by atoms with Crippen LogP contribution in [0.25, 0.3) is 0 Å². The van der Waals surface area contributed by atoms with Crippen LogP contribution >= 0.6 is 0 Å². The van der Waals surface area contributed by atoms with Crippen LogP contribution in [-0.4, -0.2) is 11.6 Å². The van der Waals surface area contributed by atoms with Crippen molar-refractivity contribution < 1.29 is 9.59 Å². The number of carbonyl (C=O) groups is 2. The monoisotopic (exact) mass is 310 g/mol. The molecular formula is C21H26O2. The van der Waals surface area contributed by atoms with Gasteiger partial charge in [0.15, 0.2) is 5.78 Å². The molecule has 6 rings (SSSR count). The van der Waals surface area contributed by atoms with E-state index in [-0.39, 0.29) is 10.8 Å². The van der Waals surface area contributed by atoms with Crippen molar-refractivity contribution in [2.24, 2.45) is 52.3 Å². The van der Waals surface area contributed by atoms with E-state index in [4.69, 9.17) is 0 Å². The van der Waals surface area contributed by atoms with Gasteiger partial charge in [-0.25, -0.2) is 0 Å². The van der Waals surface area contributed by atoms with Crippen LogP contribution in [0.2, 0.25) is 0 Å². The molecule has 0 amide bonds. The van der Waals surface area contributed by atoms with E-state index >= 15 is 0 Å². The third-order valence-corrected chi connectivity index (χ3v) is 9.21. The van der Waals surface area contributed by atoms with E-state index in [1.54, 1.807) is 0 Å². The quantitative estimate of drug-likeness (QED) is 0.682. The number of Topliss-reactive ketones (excluding diaryl/α,β-unsaturated/α-hetero) is 1. The zero-order chi connectivity index (χ0) is 15.7. The second-order valence-electron chi connectivity index (χ2n) is 10.0. The summed E-state index contributed by atoms with van der Waals surface area (Å²) in [6.07, 6.45) is 8.66. The van der Waals surface area contributed by atoms with Crippen molar-refractivity contribution in [1.82, 2.24) is 0 Å². The Morgan fingerprint density at radius 2 is 1.78 bits per heavy atom. The average molecular weight is 310 g/mol. The van der Waals surface area contributed by atoms with E-state index in [1.807, 2.05) is 6.08 Å². The first-order chi connectivity index (χ1) is 10.9. The molecule has 6 aliphatic carbocycles. The van der Waals surface area contributed by atoms with Crippen LogP contribution in [0.3, 0.4) is 0 Å². The molecule has 0 heterocycles. The standard InChI is InChI=1S/C21H26O2/c1-20-5-3-10(22)7-16(20)11-8-12(11)17-15(20)4-6-21(2)18(17)13-9-14(13)19(21)23/h7,11-15,17-18H,3-6,8-9H2,1-2H3. The molecule has 6 aliphatic rings. The fraction of sp³-hybridized carbons (Fsp3) is 0.810. The van der Waals surface area contributed by atoms with Crippen molar-refractivity contribution in [2.45, 2.75) is 52.4 Å². The lowest BCUT2D eigenvalue weighted by atomic mass is 9.46. The molecule has 23 heavy (non-hydrogen) atoms. The van der Waals surface area contributed by atoms with Gasteiger partial charge in [-0.2, -0.15) is 0 Å². The first kappa shape index (κ1) is 13.4. The molecule has 2 heteroatoms. The van der Waals surface area contributed by atoms with Crippen molar-refractivity contribution in [1.29, 1.82) is 0 Å². The van der Waals surface area contributed by atoms with E-state index in [9.17, 15) is 9.59 Å². The molecule has 9 atom stereocenters. The summed E-state index contributed by atoms with van der Waals surface area (Å²) < 4.78 is 0. The van der Waals surface area contributed by atoms with Crippen LogP contribution in [0.15, 0.2) is 11.6 Å². The molecule has 5 fully saturated rings. The number of hydrogen-bond acceptors (Lipinski definition) is 2. The van der Waals surface area contributed by atoms with E-state index in [1.165, 1.54) is 24.8 Å². The first-order valence-corrected chi connectivity index (χ1v) is 9.74. The maximum Gasteiger partial charge on any atom is 0.155 e. The van der Waals surface area contributed by atoms with Gasteiger partial charge in [-0.1, -0.05) is 19.4 Å². The fourth-order valence-electron chi connectivity index (χ4n) is 8.04. The van der Waals surface area contributed by atoms with Crippen LogP contribution in [0.5, 0.6) is 0 Å². The zero-order valence-corrected chi connectivity index (χ0v) is 14.2. The topological polar surface area (TPSA) is 34.1 Å². The number of carbonyl (C=O) groups excluding carboxylic acids is 2. The maximum absolute atomic E-state index is 12.8. The minimum absolute atomic E-state index is 0.00392.